The summed E-state index contributed by atoms with van der Waals surface area (Å²) in [6.07, 6.45) is 79.2. The molecule has 0 bridgehead atoms. The first-order valence-corrected chi connectivity index (χ1v) is 31.4. The van der Waals surface area contributed by atoms with Crippen LogP contribution in [0.2, 0.25) is 0 Å². The molecule has 0 aromatic carbocycles. The van der Waals surface area contributed by atoms with Crippen LogP contribution in [0, 0.1) is 0 Å². The molecule has 0 heterocycles. The van der Waals surface area contributed by atoms with E-state index in [9.17, 15) is 14.4 Å². The van der Waals surface area contributed by atoms with Crippen molar-refractivity contribution in [2.45, 2.75) is 322 Å². The molecular formula is C67H118O6. The second-order valence-electron chi connectivity index (χ2n) is 21.0. The Morgan fingerprint density at radius 1 is 0.288 bits per heavy atom. The van der Waals surface area contributed by atoms with Crippen molar-refractivity contribution in [2.75, 3.05) is 13.2 Å². The fourth-order valence-electron chi connectivity index (χ4n) is 9.06. The average molecular weight is 1020 g/mol. The zero-order valence-corrected chi connectivity index (χ0v) is 48.4. The highest BCUT2D eigenvalue weighted by atomic mass is 16.6. The highest BCUT2D eigenvalue weighted by molar-refractivity contribution is 5.71. The van der Waals surface area contributed by atoms with Gasteiger partial charge in [-0.05, 0) is 57.8 Å². The summed E-state index contributed by atoms with van der Waals surface area (Å²) in [5.41, 5.74) is 0. The van der Waals surface area contributed by atoms with Gasteiger partial charge in [0.15, 0.2) is 6.10 Å². The van der Waals surface area contributed by atoms with Gasteiger partial charge in [-0.1, -0.05) is 312 Å². The SMILES string of the molecule is CC/C=C\C/C=C\C/C=C\C/C=C\C/C=C\C/C=C\CCC(=O)OC(COC(=O)CCCCCCCCCCCCCCC)COC(=O)CCCCCCCCCCCCCCCCCCCCCCCCC. The summed E-state index contributed by atoms with van der Waals surface area (Å²) in [6, 6.07) is 0. The van der Waals surface area contributed by atoms with Crippen molar-refractivity contribution < 1.29 is 28.6 Å². The predicted molar refractivity (Wildman–Crippen MR) is 316 cm³/mol. The molecule has 0 aromatic heterocycles. The summed E-state index contributed by atoms with van der Waals surface area (Å²) in [5, 5.41) is 0. The van der Waals surface area contributed by atoms with Gasteiger partial charge in [0.2, 0.25) is 0 Å². The monoisotopic (exact) mass is 1020 g/mol. The van der Waals surface area contributed by atoms with Crippen LogP contribution in [0.4, 0.5) is 0 Å². The molecule has 1 unspecified atom stereocenters. The summed E-state index contributed by atoms with van der Waals surface area (Å²) >= 11 is 0. The Labute approximate surface area is 453 Å². The number of ether oxygens (including phenoxy) is 3. The molecule has 0 N–H and O–H groups in total. The second-order valence-corrected chi connectivity index (χ2v) is 21.0. The van der Waals surface area contributed by atoms with Crippen LogP contribution < -0.4 is 0 Å². The van der Waals surface area contributed by atoms with Crippen LogP contribution in [0.15, 0.2) is 72.9 Å². The molecule has 0 aliphatic carbocycles. The largest absolute Gasteiger partial charge is 0.462 e. The lowest BCUT2D eigenvalue weighted by Gasteiger charge is -2.18. The van der Waals surface area contributed by atoms with Crippen molar-refractivity contribution in [3.05, 3.63) is 72.9 Å². The maximum atomic E-state index is 12.8. The van der Waals surface area contributed by atoms with Crippen molar-refractivity contribution in [2.24, 2.45) is 0 Å². The first kappa shape index (κ1) is 69.8. The third-order valence-corrected chi connectivity index (χ3v) is 13.7. The number of hydrogen-bond acceptors (Lipinski definition) is 6. The highest BCUT2D eigenvalue weighted by Crippen LogP contribution is 2.17. The van der Waals surface area contributed by atoms with Crippen LogP contribution in [0.3, 0.4) is 0 Å². The number of hydrogen-bond donors (Lipinski definition) is 0. The molecule has 6 nitrogen and oxygen atoms in total. The van der Waals surface area contributed by atoms with Gasteiger partial charge in [-0.15, -0.1) is 0 Å². The van der Waals surface area contributed by atoms with Crippen molar-refractivity contribution >= 4 is 17.9 Å². The minimum absolute atomic E-state index is 0.101. The van der Waals surface area contributed by atoms with Gasteiger partial charge < -0.3 is 14.2 Å². The van der Waals surface area contributed by atoms with Gasteiger partial charge in [-0.3, -0.25) is 14.4 Å². The van der Waals surface area contributed by atoms with Crippen LogP contribution in [0.5, 0.6) is 0 Å². The van der Waals surface area contributed by atoms with E-state index in [1.165, 1.54) is 193 Å². The van der Waals surface area contributed by atoms with Gasteiger partial charge in [0.05, 0.1) is 0 Å². The lowest BCUT2D eigenvalue weighted by atomic mass is 10.0. The van der Waals surface area contributed by atoms with Crippen LogP contribution in [0.1, 0.15) is 316 Å². The smallest absolute Gasteiger partial charge is 0.306 e. The lowest BCUT2D eigenvalue weighted by Crippen LogP contribution is -2.30. The molecule has 6 heteroatoms. The Morgan fingerprint density at radius 3 is 0.808 bits per heavy atom. The Morgan fingerprint density at radius 2 is 0.534 bits per heavy atom. The van der Waals surface area contributed by atoms with Crippen molar-refractivity contribution in [3.8, 4) is 0 Å². The number of carbonyl (C=O) groups is 3. The van der Waals surface area contributed by atoms with Crippen molar-refractivity contribution in [3.63, 3.8) is 0 Å². The Bertz CT molecular complexity index is 1360. The minimum Gasteiger partial charge on any atom is -0.462 e. The standard InChI is InChI=1S/C67H118O6/c1-4-7-10-13-16-19-22-25-27-29-31-32-33-34-36-37-39-42-45-48-51-54-57-60-66(69)72-63-64(62-71-65(68)59-56-53-50-47-44-41-24-21-18-15-12-9-6-3)73-67(70)61-58-55-52-49-46-43-40-38-35-30-28-26-23-20-17-14-11-8-5-2/h8,11,17,20,26,28,35,38,43,46,52,55,64H,4-7,9-10,12-16,18-19,21-25,27,29-34,36-37,39-42,44-45,47-51,53-54,56-63H2,1-3H3/b11-8-,20-17-,28-26-,38-35-,46-43-,55-52-. The van der Waals surface area contributed by atoms with E-state index in [0.29, 0.717) is 19.3 Å². The summed E-state index contributed by atoms with van der Waals surface area (Å²) in [4.78, 5) is 38.2. The van der Waals surface area contributed by atoms with E-state index < -0.39 is 6.10 Å². The van der Waals surface area contributed by atoms with Gasteiger partial charge in [-0.2, -0.15) is 0 Å². The third-order valence-electron chi connectivity index (χ3n) is 13.7. The number of unbranched alkanes of at least 4 members (excludes halogenated alkanes) is 34. The molecule has 0 rings (SSSR count). The van der Waals surface area contributed by atoms with Crippen LogP contribution in [-0.2, 0) is 28.6 Å². The Kier molecular flexibility index (Phi) is 58.7. The normalized spacial score (nSPS) is 12.5. The number of rotatable bonds is 57. The molecular weight excluding hydrogens is 901 g/mol. The summed E-state index contributed by atoms with van der Waals surface area (Å²) in [6.45, 7) is 6.51. The Hall–Kier alpha value is -3.15. The molecule has 0 aromatic rings. The number of carbonyl (C=O) groups excluding carboxylic acids is 3. The third kappa shape index (κ3) is 59.6. The topological polar surface area (TPSA) is 78.9 Å². The molecule has 0 spiro atoms. The summed E-state index contributed by atoms with van der Waals surface area (Å²) in [5.74, 6) is -0.970. The van der Waals surface area contributed by atoms with E-state index in [4.69, 9.17) is 14.2 Å². The fourth-order valence-corrected chi connectivity index (χ4v) is 9.06. The van der Waals surface area contributed by atoms with Crippen molar-refractivity contribution in [1.29, 1.82) is 0 Å². The molecule has 422 valence electrons. The van der Waals surface area contributed by atoms with Crippen LogP contribution in [0.25, 0.3) is 0 Å². The van der Waals surface area contributed by atoms with E-state index in [-0.39, 0.29) is 37.5 Å². The van der Waals surface area contributed by atoms with E-state index in [0.717, 1.165) is 77.0 Å². The molecule has 73 heavy (non-hydrogen) atoms. The lowest BCUT2D eigenvalue weighted by molar-refractivity contribution is -0.166. The van der Waals surface area contributed by atoms with E-state index >= 15 is 0 Å². The predicted octanol–water partition coefficient (Wildman–Crippen LogP) is 21.3. The van der Waals surface area contributed by atoms with Crippen LogP contribution >= 0.6 is 0 Å². The molecule has 0 saturated carbocycles. The molecule has 0 amide bonds. The summed E-state index contributed by atoms with van der Waals surface area (Å²) < 4.78 is 16.8. The zero-order chi connectivity index (χ0) is 52.9. The van der Waals surface area contributed by atoms with Gasteiger partial charge in [0, 0.05) is 19.3 Å². The quantitative estimate of drug-likeness (QED) is 0.0261. The fraction of sp³-hybridized carbons (Fsp3) is 0.776. The van der Waals surface area contributed by atoms with Gasteiger partial charge in [0.1, 0.15) is 13.2 Å². The zero-order valence-electron chi connectivity index (χ0n) is 48.4. The van der Waals surface area contributed by atoms with Gasteiger partial charge in [-0.25, -0.2) is 0 Å². The second kappa shape index (κ2) is 61.4. The summed E-state index contributed by atoms with van der Waals surface area (Å²) in [7, 11) is 0. The van der Waals surface area contributed by atoms with E-state index in [1.54, 1.807) is 0 Å². The average Bonchev–Trinajstić information content (AvgIpc) is 3.39. The first-order valence-electron chi connectivity index (χ1n) is 31.4. The van der Waals surface area contributed by atoms with Crippen molar-refractivity contribution in [1.82, 2.24) is 0 Å². The first-order chi connectivity index (χ1) is 36.0. The molecule has 0 aliphatic rings. The Balaban J connectivity index is 4.38. The molecule has 1 atom stereocenters. The maximum absolute atomic E-state index is 12.8. The molecule has 0 saturated heterocycles. The minimum atomic E-state index is -0.813. The molecule has 0 fully saturated rings. The highest BCUT2D eigenvalue weighted by Gasteiger charge is 2.19. The molecule has 0 aliphatic heterocycles. The van der Waals surface area contributed by atoms with Gasteiger partial charge in [0.25, 0.3) is 0 Å². The van der Waals surface area contributed by atoms with E-state index in [1.807, 2.05) is 6.08 Å². The maximum Gasteiger partial charge on any atom is 0.306 e. The number of allylic oxidation sites excluding steroid dienone is 12. The van der Waals surface area contributed by atoms with E-state index in [2.05, 4.69) is 87.6 Å². The van der Waals surface area contributed by atoms with Crippen LogP contribution in [-0.4, -0.2) is 37.2 Å². The molecule has 0 radical (unpaired) electrons. The van der Waals surface area contributed by atoms with Gasteiger partial charge >= 0.3 is 17.9 Å². The number of esters is 3.